The number of hydrogen-bond donors (Lipinski definition) is 3. The summed E-state index contributed by atoms with van der Waals surface area (Å²) in [5.41, 5.74) is 8.56. The molecular formula is C16H17N5O8S3. The van der Waals surface area contributed by atoms with Crippen LogP contribution in [0.3, 0.4) is 0 Å². The SMILES string of the molecule is [N-]=[N+]=Nc1ccc(C(=O)NCCSSCCC(=O)ON2C(=O)CC(S(=O)O)C2=O)c(O)c1. The minimum Gasteiger partial charge on any atom is -0.507 e. The standard InChI is InChI=1S/C16H17N5O8S3/c17-20-19-9-1-2-10(11(22)7-9)15(25)18-4-6-31-30-5-3-14(24)29-21-13(23)8-12(16(21)26)32(27)28/h1-2,7,12,22H,3-6,8H2,(H,18,25)(H,27,28). The third-order valence-electron chi connectivity index (χ3n) is 3.83. The van der Waals surface area contributed by atoms with Gasteiger partial charge in [0.2, 0.25) is 0 Å². The molecule has 0 aliphatic carbocycles. The Hall–Kier alpha value is -2.78. The number of amides is 3. The van der Waals surface area contributed by atoms with Crippen LogP contribution in [-0.4, -0.2) is 65.9 Å². The molecule has 1 aliphatic rings. The van der Waals surface area contributed by atoms with Crippen molar-refractivity contribution in [2.75, 3.05) is 18.1 Å². The molecule has 3 amide bonds. The number of carbonyl (C=O) groups is 4. The van der Waals surface area contributed by atoms with Gasteiger partial charge in [-0.2, -0.15) is 0 Å². The van der Waals surface area contributed by atoms with E-state index in [-0.39, 0.29) is 35.0 Å². The van der Waals surface area contributed by atoms with E-state index >= 15 is 0 Å². The van der Waals surface area contributed by atoms with Crippen molar-refractivity contribution in [2.24, 2.45) is 5.11 Å². The van der Waals surface area contributed by atoms with Crippen molar-refractivity contribution in [3.8, 4) is 5.75 Å². The molecule has 32 heavy (non-hydrogen) atoms. The summed E-state index contributed by atoms with van der Waals surface area (Å²) < 4.78 is 19.9. The number of phenolic OH excluding ortho intramolecular Hbond substituents is 1. The molecule has 2 unspecified atom stereocenters. The molecule has 1 fully saturated rings. The van der Waals surface area contributed by atoms with Crippen LogP contribution < -0.4 is 5.32 Å². The van der Waals surface area contributed by atoms with Gasteiger partial charge < -0.3 is 19.8 Å². The van der Waals surface area contributed by atoms with Gasteiger partial charge in [-0.15, -0.1) is 5.06 Å². The molecule has 3 N–H and O–H groups in total. The summed E-state index contributed by atoms with van der Waals surface area (Å²) in [6.07, 6.45) is -0.610. The Balaban J connectivity index is 1.62. The van der Waals surface area contributed by atoms with Crippen molar-refractivity contribution in [3.63, 3.8) is 0 Å². The second-order valence-corrected chi connectivity index (χ2v) is 9.82. The quantitative estimate of drug-likeness (QED) is 0.0758. The van der Waals surface area contributed by atoms with Gasteiger partial charge in [0.15, 0.2) is 16.3 Å². The Kier molecular flexibility index (Phi) is 9.80. The van der Waals surface area contributed by atoms with Crippen molar-refractivity contribution in [3.05, 3.63) is 34.2 Å². The molecule has 1 aliphatic heterocycles. The normalized spacial score (nSPS) is 16.4. The molecule has 1 aromatic rings. The number of nitrogens with zero attached hydrogens (tertiary/aromatic N) is 4. The monoisotopic (exact) mass is 503 g/mol. The molecule has 1 heterocycles. The van der Waals surface area contributed by atoms with Gasteiger partial charge in [-0.05, 0) is 17.7 Å². The highest BCUT2D eigenvalue weighted by Crippen LogP contribution is 2.25. The predicted molar refractivity (Wildman–Crippen MR) is 116 cm³/mol. The van der Waals surface area contributed by atoms with E-state index in [1.54, 1.807) is 0 Å². The summed E-state index contributed by atoms with van der Waals surface area (Å²) in [7, 11) is 2.65. The van der Waals surface area contributed by atoms with Gasteiger partial charge in [0, 0.05) is 28.6 Å². The molecule has 2 rings (SSSR count). The Morgan fingerprint density at radius 2 is 2.06 bits per heavy atom. The van der Waals surface area contributed by atoms with Gasteiger partial charge in [-0.3, -0.25) is 14.4 Å². The van der Waals surface area contributed by atoms with E-state index in [4.69, 9.17) is 10.1 Å². The largest absolute Gasteiger partial charge is 0.507 e. The minimum atomic E-state index is -2.53. The summed E-state index contributed by atoms with van der Waals surface area (Å²) in [5.74, 6) is -2.77. The van der Waals surface area contributed by atoms with E-state index in [1.165, 1.54) is 39.8 Å². The first-order chi connectivity index (χ1) is 15.2. The van der Waals surface area contributed by atoms with Gasteiger partial charge in [0.25, 0.3) is 17.7 Å². The van der Waals surface area contributed by atoms with Crippen molar-refractivity contribution in [2.45, 2.75) is 18.1 Å². The lowest BCUT2D eigenvalue weighted by molar-refractivity contribution is -0.197. The number of hydrogen-bond acceptors (Lipinski definition) is 10. The van der Waals surface area contributed by atoms with E-state index in [1.807, 2.05) is 0 Å². The van der Waals surface area contributed by atoms with Gasteiger partial charge in [-0.25, -0.2) is 9.00 Å². The highest BCUT2D eigenvalue weighted by atomic mass is 33.1. The fourth-order valence-corrected chi connectivity index (χ4v) is 4.79. The van der Waals surface area contributed by atoms with Gasteiger partial charge >= 0.3 is 5.97 Å². The number of imide groups is 1. The predicted octanol–water partition coefficient (Wildman–Crippen LogP) is 1.64. The number of aromatic hydroxyl groups is 1. The summed E-state index contributed by atoms with van der Waals surface area (Å²) >= 11 is -2.53. The Morgan fingerprint density at radius 3 is 2.69 bits per heavy atom. The first-order valence-electron chi connectivity index (χ1n) is 8.82. The maximum atomic E-state index is 12.0. The molecule has 1 saturated heterocycles. The van der Waals surface area contributed by atoms with Crippen LogP contribution in [0, 0.1) is 0 Å². The summed E-state index contributed by atoms with van der Waals surface area (Å²) in [6.45, 7) is 0.273. The maximum absolute atomic E-state index is 12.0. The fraction of sp³-hybridized carbons (Fsp3) is 0.375. The zero-order valence-corrected chi connectivity index (χ0v) is 18.7. The lowest BCUT2D eigenvalue weighted by Gasteiger charge is -2.12. The molecule has 13 nitrogen and oxygen atoms in total. The number of rotatable bonds is 11. The first-order valence-corrected chi connectivity index (χ1v) is 12.5. The van der Waals surface area contributed by atoms with Crippen LogP contribution >= 0.6 is 21.6 Å². The third-order valence-corrected chi connectivity index (χ3v) is 7.09. The molecule has 1 aromatic carbocycles. The highest BCUT2D eigenvalue weighted by Gasteiger charge is 2.44. The summed E-state index contributed by atoms with van der Waals surface area (Å²) in [5, 5.41) is 14.5. The van der Waals surface area contributed by atoms with Gasteiger partial charge in [-0.1, -0.05) is 32.8 Å². The second-order valence-electron chi connectivity index (χ2n) is 6.00. The molecule has 0 spiro atoms. The van der Waals surface area contributed by atoms with E-state index in [0.717, 1.165) is 0 Å². The molecule has 16 heteroatoms. The van der Waals surface area contributed by atoms with Gasteiger partial charge in [0.1, 0.15) is 5.75 Å². The second kappa shape index (κ2) is 12.3. The van der Waals surface area contributed by atoms with Crippen molar-refractivity contribution in [1.29, 1.82) is 0 Å². The van der Waals surface area contributed by atoms with Gasteiger partial charge in [0.05, 0.1) is 18.4 Å². The topological polar surface area (TPSA) is 199 Å². The average molecular weight is 504 g/mol. The number of phenols is 1. The fourth-order valence-electron chi connectivity index (χ4n) is 2.35. The molecule has 0 bridgehead atoms. The summed E-state index contributed by atoms with van der Waals surface area (Å²) in [4.78, 5) is 54.5. The van der Waals surface area contributed by atoms with Crippen molar-refractivity contribution >= 4 is 62.0 Å². The average Bonchev–Trinajstić information content (AvgIpc) is 3.01. The van der Waals surface area contributed by atoms with Crippen molar-refractivity contribution in [1.82, 2.24) is 10.4 Å². The van der Waals surface area contributed by atoms with Crippen LogP contribution in [0.4, 0.5) is 5.69 Å². The zero-order chi connectivity index (χ0) is 23.7. The number of nitrogens with one attached hydrogen (secondary N) is 1. The van der Waals surface area contributed by atoms with Crippen LogP contribution in [-0.2, 0) is 30.3 Å². The molecule has 172 valence electrons. The number of azide groups is 1. The van der Waals surface area contributed by atoms with Crippen LogP contribution in [0.1, 0.15) is 23.2 Å². The van der Waals surface area contributed by atoms with Crippen LogP contribution in [0.15, 0.2) is 23.3 Å². The van der Waals surface area contributed by atoms with E-state index in [0.29, 0.717) is 11.5 Å². The maximum Gasteiger partial charge on any atom is 0.334 e. The first kappa shape index (κ1) is 25.5. The van der Waals surface area contributed by atoms with Crippen LogP contribution in [0.5, 0.6) is 5.75 Å². The third kappa shape index (κ3) is 7.13. The van der Waals surface area contributed by atoms with Crippen LogP contribution in [0.25, 0.3) is 10.4 Å². The Labute approximate surface area is 191 Å². The van der Waals surface area contributed by atoms with E-state index in [9.17, 15) is 28.5 Å². The lowest BCUT2D eigenvalue weighted by atomic mass is 10.1. The summed E-state index contributed by atoms with van der Waals surface area (Å²) in [6, 6.07) is 3.90. The minimum absolute atomic E-state index is 0.0283. The number of benzene rings is 1. The Bertz CT molecular complexity index is 984. The molecular weight excluding hydrogens is 486 g/mol. The smallest absolute Gasteiger partial charge is 0.334 e. The number of carbonyl (C=O) groups excluding carboxylic acids is 4. The molecule has 0 saturated carbocycles. The van der Waals surface area contributed by atoms with E-state index < -0.39 is 46.4 Å². The van der Waals surface area contributed by atoms with Crippen LogP contribution in [0.2, 0.25) is 0 Å². The lowest BCUT2D eigenvalue weighted by Crippen LogP contribution is -2.35. The molecule has 0 aromatic heterocycles. The van der Waals surface area contributed by atoms with Crippen molar-refractivity contribution < 1.29 is 37.9 Å². The molecule has 0 radical (unpaired) electrons. The zero-order valence-electron chi connectivity index (χ0n) is 16.2. The van der Waals surface area contributed by atoms with E-state index in [2.05, 4.69) is 20.2 Å². The highest BCUT2D eigenvalue weighted by molar-refractivity contribution is 8.76. The molecule has 2 atom stereocenters. The Morgan fingerprint density at radius 1 is 1.34 bits per heavy atom. The number of hydroxylamine groups is 2.